The Hall–Kier alpha value is -1.11. The zero-order chi connectivity index (χ0) is 21.3. The number of hydrogen-bond acceptors (Lipinski definition) is 6. The lowest BCUT2D eigenvalue weighted by atomic mass is 9.79. The van der Waals surface area contributed by atoms with Crippen molar-refractivity contribution in [1.82, 2.24) is 0 Å². The molecule has 7 heteroatoms. The number of halogens is 1. The van der Waals surface area contributed by atoms with Gasteiger partial charge in [-0.2, -0.15) is 0 Å². The van der Waals surface area contributed by atoms with Gasteiger partial charge in [0.2, 0.25) is 0 Å². The van der Waals surface area contributed by atoms with Crippen molar-refractivity contribution < 1.29 is 28.6 Å². The van der Waals surface area contributed by atoms with Crippen molar-refractivity contribution in [2.24, 2.45) is 5.41 Å². The van der Waals surface area contributed by atoms with Crippen molar-refractivity contribution in [1.29, 1.82) is 0 Å². The first kappa shape index (κ1) is 26.9. The highest BCUT2D eigenvalue weighted by atomic mass is 79.9. The van der Waals surface area contributed by atoms with Crippen LogP contribution in [0.5, 0.6) is 0 Å². The van der Waals surface area contributed by atoms with Crippen LogP contribution in [0.4, 0.5) is 0 Å². The second-order valence-corrected chi connectivity index (χ2v) is 7.57. The zero-order valence-corrected chi connectivity index (χ0v) is 19.3. The van der Waals surface area contributed by atoms with Crippen LogP contribution in [-0.2, 0) is 28.6 Å². The van der Waals surface area contributed by atoms with Crippen molar-refractivity contribution in [2.45, 2.75) is 85.0 Å². The molecule has 0 rings (SSSR count). The summed E-state index contributed by atoms with van der Waals surface area (Å²) in [5.74, 6) is -1.98. The highest BCUT2D eigenvalue weighted by Crippen LogP contribution is 2.34. The third-order valence-electron chi connectivity index (χ3n) is 4.57. The summed E-state index contributed by atoms with van der Waals surface area (Å²) in [5.41, 5.74) is -1.62. The largest absolute Gasteiger partial charge is 0.466 e. The lowest BCUT2D eigenvalue weighted by molar-refractivity contribution is -0.177. The maximum Gasteiger partial charge on any atom is 0.324 e. The Balaban J connectivity index is 4.87. The molecule has 0 saturated carbocycles. The average molecular weight is 465 g/mol. The summed E-state index contributed by atoms with van der Waals surface area (Å²) in [4.78, 5) is 37.4. The van der Waals surface area contributed by atoms with Gasteiger partial charge in [-0.1, -0.05) is 60.9 Å². The van der Waals surface area contributed by atoms with Crippen LogP contribution in [-0.4, -0.2) is 43.1 Å². The van der Waals surface area contributed by atoms with E-state index in [0.717, 1.165) is 24.6 Å². The van der Waals surface area contributed by atoms with Gasteiger partial charge in [0.1, 0.15) is 0 Å². The van der Waals surface area contributed by atoms with Crippen LogP contribution in [0, 0.1) is 5.41 Å². The van der Waals surface area contributed by atoms with E-state index >= 15 is 0 Å². The van der Waals surface area contributed by atoms with Gasteiger partial charge in [-0.05, 0) is 33.6 Å². The predicted octanol–water partition coefficient (Wildman–Crippen LogP) is 4.96. The van der Waals surface area contributed by atoms with Gasteiger partial charge in [0.15, 0.2) is 5.41 Å². The molecule has 0 radical (unpaired) electrons. The molecule has 6 nitrogen and oxygen atoms in total. The molecular formula is C21H37BrO6. The molecule has 0 saturated heterocycles. The van der Waals surface area contributed by atoms with Crippen molar-refractivity contribution in [2.75, 3.05) is 25.2 Å². The monoisotopic (exact) mass is 464 g/mol. The number of unbranched alkanes of at least 4 members (excludes halogenated alkanes) is 7. The zero-order valence-electron chi connectivity index (χ0n) is 17.7. The molecule has 0 aromatic heterocycles. The Kier molecular flexibility index (Phi) is 16.1. The van der Waals surface area contributed by atoms with Crippen LogP contribution in [0.3, 0.4) is 0 Å². The molecule has 0 aromatic carbocycles. The Morgan fingerprint density at radius 3 is 1.54 bits per heavy atom. The van der Waals surface area contributed by atoms with Crippen molar-refractivity contribution in [3.05, 3.63) is 0 Å². The van der Waals surface area contributed by atoms with Gasteiger partial charge < -0.3 is 14.2 Å². The molecule has 0 aliphatic rings. The van der Waals surface area contributed by atoms with Crippen LogP contribution in [0.15, 0.2) is 0 Å². The molecule has 0 bridgehead atoms. The van der Waals surface area contributed by atoms with E-state index in [9.17, 15) is 14.4 Å². The van der Waals surface area contributed by atoms with Crippen LogP contribution in [0.2, 0.25) is 0 Å². The molecule has 0 spiro atoms. The molecule has 164 valence electrons. The van der Waals surface area contributed by atoms with E-state index in [4.69, 9.17) is 14.2 Å². The minimum Gasteiger partial charge on any atom is -0.466 e. The van der Waals surface area contributed by atoms with E-state index in [1.807, 2.05) is 0 Å². The third-order valence-corrected chi connectivity index (χ3v) is 5.13. The van der Waals surface area contributed by atoms with Crippen LogP contribution >= 0.6 is 15.9 Å². The van der Waals surface area contributed by atoms with Crippen LogP contribution < -0.4 is 0 Å². The van der Waals surface area contributed by atoms with Gasteiger partial charge in [-0.15, -0.1) is 0 Å². The number of ether oxygens (including phenoxy) is 3. The second-order valence-electron chi connectivity index (χ2n) is 6.77. The lowest BCUT2D eigenvalue weighted by Gasteiger charge is -2.28. The van der Waals surface area contributed by atoms with E-state index in [1.165, 1.54) is 25.7 Å². The van der Waals surface area contributed by atoms with E-state index in [2.05, 4.69) is 15.9 Å². The predicted molar refractivity (Wildman–Crippen MR) is 112 cm³/mol. The molecule has 0 amide bonds. The number of carbonyl (C=O) groups is 3. The fraction of sp³-hybridized carbons (Fsp3) is 0.857. The average Bonchev–Trinajstić information content (AvgIpc) is 2.66. The molecule has 0 aromatic rings. The van der Waals surface area contributed by atoms with Gasteiger partial charge in [0.05, 0.1) is 26.2 Å². The van der Waals surface area contributed by atoms with Crippen LogP contribution in [0.1, 0.15) is 85.0 Å². The summed E-state index contributed by atoms with van der Waals surface area (Å²) in [6.45, 7) is 5.50. The number of esters is 3. The summed E-state index contributed by atoms with van der Waals surface area (Å²) >= 11 is 3.43. The molecular weight excluding hydrogens is 428 g/mol. The smallest absolute Gasteiger partial charge is 0.324 e. The lowest BCUT2D eigenvalue weighted by Crippen LogP contribution is -2.44. The summed E-state index contributed by atoms with van der Waals surface area (Å²) in [6.07, 6.45) is 8.45. The number of hydrogen-bond donors (Lipinski definition) is 0. The van der Waals surface area contributed by atoms with Crippen molar-refractivity contribution >= 4 is 33.8 Å². The fourth-order valence-electron chi connectivity index (χ4n) is 3.10. The summed E-state index contributed by atoms with van der Waals surface area (Å²) in [5, 5.41) is 1.05. The Morgan fingerprint density at radius 1 is 0.679 bits per heavy atom. The minimum absolute atomic E-state index is 0.136. The van der Waals surface area contributed by atoms with Gasteiger partial charge in [0, 0.05) is 5.33 Å². The molecule has 0 aliphatic heterocycles. The fourth-order valence-corrected chi connectivity index (χ4v) is 3.50. The maximum atomic E-state index is 12.7. The summed E-state index contributed by atoms with van der Waals surface area (Å²) in [6, 6.07) is 0. The van der Waals surface area contributed by atoms with Gasteiger partial charge >= 0.3 is 17.9 Å². The van der Waals surface area contributed by atoms with Crippen molar-refractivity contribution in [3.8, 4) is 0 Å². The molecule has 0 N–H and O–H groups in total. The quantitative estimate of drug-likeness (QED) is 0.0994. The SMILES string of the molecule is CCOC(=O)CC(CCCCCCCCCCBr)(C(=O)OCC)C(=O)OCC. The third kappa shape index (κ3) is 10.4. The first-order chi connectivity index (χ1) is 13.5. The Morgan fingerprint density at radius 2 is 1.11 bits per heavy atom. The van der Waals surface area contributed by atoms with Gasteiger partial charge in [-0.25, -0.2) is 0 Å². The summed E-state index contributed by atoms with van der Waals surface area (Å²) in [7, 11) is 0. The molecule has 0 fully saturated rings. The number of alkyl halides is 1. The second kappa shape index (κ2) is 16.8. The normalized spacial score (nSPS) is 11.1. The Bertz CT molecular complexity index is 434. The topological polar surface area (TPSA) is 78.9 Å². The molecule has 0 heterocycles. The number of carbonyl (C=O) groups excluding carboxylic acids is 3. The van der Waals surface area contributed by atoms with E-state index < -0.39 is 23.3 Å². The van der Waals surface area contributed by atoms with Gasteiger partial charge in [0.25, 0.3) is 0 Å². The van der Waals surface area contributed by atoms with E-state index in [-0.39, 0.29) is 32.7 Å². The molecule has 0 atom stereocenters. The Labute approximate surface area is 178 Å². The van der Waals surface area contributed by atoms with E-state index in [0.29, 0.717) is 6.42 Å². The first-order valence-electron chi connectivity index (χ1n) is 10.5. The first-order valence-corrected chi connectivity index (χ1v) is 11.7. The van der Waals surface area contributed by atoms with E-state index in [1.54, 1.807) is 20.8 Å². The summed E-state index contributed by atoms with van der Waals surface area (Å²) < 4.78 is 15.3. The molecule has 0 aliphatic carbocycles. The number of rotatable bonds is 17. The van der Waals surface area contributed by atoms with Gasteiger partial charge in [-0.3, -0.25) is 14.4 Å². The molecule has 28 heavy (non-hydrogen) atoms. The highest BCUT2D eigenvalue weighted by molar-refractivity contribution is 9.09. The highest BCUT2D eigenvalue weighted by Gasteiger charge is 2.50. The molecule has 0 unspecified atom stereocenters. The minimum atomic E-state index is -1.62. The maximum absolute atomic E-state index is 12.7. The van der Waals surface area contributed by atoms with Crippen LogP contribution in [0.25, 0.3) is 0 Å². The van der Waals surface area contributed by atoms with Crippen molar-refractivity contribution in [3.63, 3.8) is 0 Å². The standard InChI is InChI=1S/C21H37BrO6/c1-4-26-18(23)17-21(19(24)27-5-2,20(25)28-6-3)15-13-11-9-7-8-10-12-14-16-22/h4-17H2,1-3H3.